The molecule has 6 heteroatoms. The van der Waals surface area contributed by atoms with Gasteiger partial charge in [0.05, 0.1) is 18.8 Å². The van der Waals surface area contributed by atoms with Gasteiger partial charge in [0.1, 0.15) is 6.61 Å². The van der Waals surface area contributed by atoms with Crippen LogP contribution in [-0.2, 0) is 18.0 Å². The molecule has 0 aliphatic heterocycles. The van der Waals surface area contributed by atoms with Crippen molar-refractivity contribution in [2.24, 2.45) is 0 Å². The Morgan fingerprint density at radius 1 is 1.17 bits per heavy atom. The van der Waals surface area contributed by atoms with E-state index >= 15 is 0 Å². The van der Waals surface area contributed by atoms with Crippen LogP contribution in [0.2, 0.25) is 5.02 Å². The monoisotopic (exact) mass is 350 g/mol. The van der Waals surface area contributed by atoms with E-state index in [4.69, 9.17) is 21.1 Å². The molecular formula is C18H23ClN2O3. The molecule has 0 aliphatic rings. The molecule has 0 unspecified atom stereocenters. The van der Waals surface area contributed by atoms with Crippen LogP contribution in [0.5, 0.6) is 5.75 Å². The molecule has 0 aliphatic carbocycles. The molecule has 0 saturated carbocycles. The molecule has 0 radical (unpaired) electrons. The van der Waals surface area contributed by atoms with Crippen LogP contribution < -0.4 is 10.3 Å². The zero-order valence-corrected chi connectivity index (χ0v) is 15.0. The first-order valence-electron chi connectivity index (χ1n) is 8.08. The van der Waals surface area contributed by atoms with Crippen LogP contribution in [0.15, 0.2) is 35.3 Å². The fourth-order valence-electron chi connectivity index (χ4n) is 2.13. The second-order valence-electron chi connectivity index (χ2n) is 5.82. The van der Waals surface area contributed by atoms with Gasteiger partial charge in [-0.05, 0) is 31.4 Å². The second kappa shape index (κ2) is 8.85. The molecule has 1 heterocycles. The maximum absolute atomic E-state index is 12.1. The number of halogens is 1. The Labute approximate surface area is 147 Å². The molecule has 0 bridgehead atoms. The molecule has 1 aromatic heterocycles. The highest BCUT2D eigenvalue weighted by Gasteiger charge is 2.12. The summed E-state index contributed by atoms with van der Waals surface area (Å²) >= 11 is 6.09. The summed E-state index contributed by atoms with van der Waals surface area (Å²) in [7, 11) is 0. The predicted molar refractivity (Wildman–Crippen MR) is 94.6 cm³/mol. The molecule has 130 valence electrons. The largest absolute Gasteiger partial charge is 0.485 e. The van der Waals surface area contributed by atoms with Crippen molar-refractivity contribution in [1.82, 2.24) is 9.78 Å². The summed E-state index contributed by atoms with van der Waals surface area (Å²) in [4.78, 5) is 12.1. The molecule has 0 atom stereocenters. The SMILES string of the molecule is CCCOCc1ccc(COc2cnn(C(C)C)c(=O)c2Cl)cc1. The maximum Gasteiger partial charge on any atom is 0.289 e. The van der Waals surface area contributed by atoms with Gasteiger partial charge in [-0.3, -0.25) is 4.79 Å². The van der Waals surface area contributed by atoms with Crippen molar-refractivity contribution < 1.29 is 9.47 Å². The van der Waals surface area contributed by atoms with Gasteiger partial charge in [-0.25, -0.2) is 4.68 Å². The van der Waals surface area contributed by atoms with Crippen molar-refractivity contribution in [2.75, 3.05) is 6.61 Å². The van der Waals surface area contributed by atoms with Gasteiger partial charge in [0.2, 0.25) is 0 Å². The van der Waals surface area contributed by atoms with Crippen molar-refractivity contribution in [3.63, 3.8) is 0 Å². The molecule has 1 aromatic carbocycles. The average molecular weight is 351 g/mol. The van der Waals surface area contributed by atoms with Crippen molar-refractivity contribution in [2.45, 2.75) is 46.4 Å². The summed E-state index contributed by atoms with van der Waals surface area (Å²) in [5, 5.41) is 4.14. The van der Waals surface area contributed by atoms with Crippen molar-refractivity contribution >= 4 is 11.6 Å². The summed E-state index contributed by atoms with van der Waals surface area (Å²) in [6, 6.07) is 7.91. The quantitative estimate of drug-likeness (QED) is 0.676. The highest BCUT2D eigenvalue weighted by Crippen LogP contribution is 2.20. The number of ether oxygens (including phenoxy) is 2. The van der Waals surface area contributed by atoms with Gasteiger partial charge < -0.3 is 9.47 Å². The number of nitrogens with zero attached hydrogens (tertiary/aromatic N) is 2. The number of aromatic nitrogens is 2. The summed E-state index contributed by atoms with van der Waals surface area (Å²) in [5.74, 6) is 0.300. The zero-order chi connectivity index (χ0) is 17.5. The fraction of sp³-hybridized carbons (Fsp3) is 0.444. The van der Waals surface area contributed by atoms with Gasteiger partial charge in [-0.1, -0.05) is 42.8 Å². The van der Waals surface area contributed by atoms with E-state index in [9.17, 15) is 4.79 Å². The first kappa shape index (κ1) is 18.5. The lowest BCUT2D eigenvalue weighted by atomic mass is 10.1. The third-order valence-corrected chi connectivity index (χ3v) is 3.78. The lowest BCUT2D eigenvalue weighted by molar-refractivity contribution is 0.121. The van der Waals surface area contributed by atoms with Crippen molar-refractivity contribution in [1.29, 1.82) is 0 Å². The van der Waals surface area contributed by atoms with Gasteiger partial charge in [-0.15, -0.1) is 0 Å². The summed E-state index contributed by atoms with van der Waals surface area (Å²) in [6.45, 7) is 7.52. The van der Waals surface area contributed by atoms with Gasteiger partial charge in [0.15, 0.2) is 10.8 Å². The van der Waals surface area contributed by atoms with E-state index in [2.05, 4.69) is 12.0 Å². The molecule has 24 heavy (non-hydrogen) atoms. The Kier molecular flexibility index (Phi) is 6.82. The standard InChI is InChI=1S/C18H23ClN2O3/c1-4-9-23-11-14-5-7-15(8-6-14)12-24-16-10-20-21(13(2)3)18(22)17(16)19/h5-8,10,13H,4,9,11-12H2,1-3H3. The second-order valence-corrected chi connectivity index (χ2v) is 6.20. The zero-order valence-electron chi connectivity index (χ0n) is 14.3. The van der Waals surface area contributed by atoms with Crippen LogP contribution in [0, 0.1) is 0 Å². The summed E-state index contributed by atoms with van der Waals surface area (Å²) in [5.41, 5.74) is 1.76. The molecule has 0 N–H and O–H groups in total. The summed E-state index contributed by atoms with van der Waals surface area (Å²) < 4.78 is 12.5. The summed E-state index contributed by atoms with van der Waals surface area (Å²) in [6.07, 6.45) is 2.49. The number of rotatable bonds is 8. The van der Waals surface area contributed by atoms with Gasteiger partial charge in [0.25, 0.3) is 5.56 Å². The Bertz CT molecular complexity index is 711. The first-order valence-corrected chi connectivity index (χ1v) is 8.46. The van der Waals surface area contributed by atoms with E-state index in [1.54, 1.807) is 0 Å². The minimum atomic E-state index is -0.340. The molecular weight excluding hydrogens is 328 g/mol. The van der Waals surface area contributed by atoms with Crippen LogP contribution >= 0.6 is 11.6 Å². The van der Waals surface area contributed by atoms with Crippen molar-refractivity contribution in [3.8, 4) is 5.75 Å². The topological polar surface area (TPSA) is 53.4 Å². The first-order chi connectivity index (χ1) is 11.5. The van der Waals surface area contributed by atoms with E-state index < -0.39 is 0 Å². The van der Waals surface area contributed by atoms with E-state index in [1.807, 2.05) is 38.1 Å². The minimum Gasteiger partial charge on any atom is -0.485 e. The predicted octanol–water partition coefficient (Wildman–Crippen LogP) is 3.98. The van der Waals surface area contributed by atoms with Gasteiger partial charge in [0, 0.05) is 6.61 Å². The smallest absolute Gasteiger partial charge is 0.289 e. The van der Waals surface area contributed by atoms with E-state index in [-0.39, 0.29) is 16.6 Å². The highest BCUT2D eigenvalue weighted by molar-refractivity contribution is 6.31. The molecule has 2 aromatic rings. The van der Waals surface area contributed by atoms with E-state index in [1.165, 1.54) is 10.9 Å². The maximum atomic E-state index is 12.1. The molecule has 5 nitrogen and oxygen atoms in total. The molecule has 0 fully saturated rings. The van der Waals surface area contributed by atoms with Crippen LogP contribution in [0.4, 0.5) is 0 Å². The highest BCUT2D eigenvalue weighted by atomic mass is 35.5. The fourth-order valence-corrected chi connectivity index (χ4v) is 2.32. The van der Waals surface area contributed by atoms with Crippen LogP contribution in [-0.4, -0.2) is 16.4 Å². The van der Waals surface area contributed by atoms with E-state index in [0.29, 0.717) is 19.0 Å². The third-order valence-electron chi connectivity index (χ3n) is 3.44. The van der Waals surface area contributed by atoms with Gasteiger partial charge >= 0.3 is 0 Å². The van der Waals surface area contributed by atoms with Crippen LogP contribution in [0.3, 0.4) is 0 Å². The normalized spacial score (nSPS) is 11.0. The Hall–Kier alpha value is -1.85. The number of benzene rings is 1. The molecule has 2 rings (SSSR count). The van der Waals surface area contributed by atoms with Crippen LogP contribution in [0.1, 0.15) is 44.4 Å². The Morgan fingerprint density at radius 2 is 1.79 bits per heavy atom. The molecule has 0 amide bonds. The van der Waals surface area contributed by atoms with Crippen LogP contribution in [0.25, 0.3) is 0 Å². The lowest BCUT2D eigenvalue weighted by Crippen LogP contribution is -2.25. The minimum absolute atomic E-state index is 0.0495. The van der Waals surface area contributed by atoms with Crippen molar-refractivity contribution in [3.05, 3.63) is 57.0 Å². The Balaban J connectivity index is 1.98. The van der Waals surface area contributed by atoms with Gasteiger partial charge in [-0.2, -0.15) is 5.10 Å². The molecule has 0 saturated heterocycles. The molecule has 0 spiro atoms. The third kappa shape index (κ3) is 4.82. The average Bonchev–Trinajstić information content (AvgIpc) is 2.57. The number of hydrogen-bond donors (Lipinski definition) is 0. The lowest BCUT2D eigenvalue weighted by Gasteiger charge is -2.12. The number of hydrogen-bond acceptors (Lipinski definition) is 4. The van der Waals surface area contributed by atoms with E-state index in [0.717, 1.165) is 24.2 Å². The Morgan fingerprint density at radius 3 is 2.38 bits per heavy atom.